The molecule has 0 amide bonds. The predicted molar refractivity (Wildman–Crippen MR) is 49.5 cm³/mol. The van der Waals surface area contributed by atoms with Crippen LogP contribution in [0.2, 0.25) is 0 Å². The van der Waals surface area contributed by atoms with Crippen molar-refractivity contribution in [3.05, 3.63) is 29.6 Å². The summed E-state index contributed by atoms with van der Waals surface area (Å²) >= 11 is 0. The van der Waals surface area contributed by atoms with E-state index in [1.54, 1.807) is 6.07 Å². The zero-order valence-electron chi connectivity index (χ0n) is 7.20. The lowest BCUT2D eigenvalue weighted by atomic mass is 9.91. The monoisotopic (exact) mass is 176 g/mol. The van der Waals surface area contributed by atoms with Crippen molar-refractivity contribution in [1.82, 2.24) is 0 Å². The Morgan fingerprint density at radius 3 is 2.69 bits per heavy atom. The Balaban J connectivity index is 2.24. The highest BCUT2D eigenvalue weighted by atomic mass is 19.1. The van der Waals surface area contributed by atoms with Gasteiger partial charge in [-0.15, -0.1) is 0 Å². The first-order chi connectivity index (χ1) is 6.18. The summed E-state index contributed by atoms with van der Waals surface area (Å²) in [6, 6.07) is 4.41. The van der Waals surface area contributed by atoms with Crippen LogP contribution in [0.1, 0.15) is 24.5 Å². The minimum atomic E-state index is -0.470. The molecule has 1 fully saturated rings. The van der Waals surface area contributed by atoms with E-state index in [1.807, 2.05) is 0 Å². The largest absolute Gasteiger partial charge is 0.388 e. The molecule has 1 aliphatic carbocycles. The summed E-state index contributed by atoms with van der Waals surface area (Å²) in [6.45, 7) is 0. The van der Waals surface area contributed by atoms with Gasteiger partial charge in [0.2, 0.25) is 0 Å². The zero-order valence-corrected chi connectivity index (χ0v) is 7.20. The van der Waals surface area contributed by atoms with E-state index in [1.165, 1.54) is 12.1 Å². The molecule has 1 saturated carbocycles. The van der Waals surface area contributed by atoms with E-state index in [4.69, 9.17) is 7.85 Å². The molecule has 1 atom stereocenters. The van der Waals surface area contributed by atoms with Gasteiger partial charge in [0.05, 0.1) is 6.10 Å². The van der Waals surface area contributed by atoms with Gasteiger partial charge in [-0.05, 0) is 30.4 Å². The van der Waals surface area contributed by atoms with Gasteiger partial charge in [0.1, 0.15) is 13.7 Å². The maximum absolute atomic E-state index is 12.8. The lowest BCUT2D eigenvalue weighted by Crippen LogP contribution is -2.11. The topological polar surface area (TPSA) is 20.2 Å². The van der Waals surface area contributed by atoms with Crippen LogP contribution in [0.25, 0.3) is 0 Å². The van der Waals surface area contributed by atoms with Crippen LogP contribution in [0.4, 0.5) is 4.39 Å². The Hall–Kier alpha value is -0.825. The van der Waals surface area contributed by atoms with Gasteiger partial charge >= 0.3 is 0 Å². The first kappa shape index (κ1) is 8.76. The smallest absolute Gasteiger partial charge is 0.117 e. The SMILES string of the molecule is [B]c1cc(C(O)C2CC2)ccc1F. The molecular weight excluding hydrogens is 166 g/mol. The van der Waals surface area contributed by atoms with Gasteiger partial charge in [0.25, 0.3) is 0 Å². The highest BCUT2D eigenvalue weighted by Gasteiger charge is 2.30. The van der Waals surface area contributed by atoms with Crippen LogP contribution in [0.15, 0.2) is 18.2 Å². The van der Waals surface area contributed by atoms with E-state index in [9.17, 15) is 9.50 Å². The molecule has 1 aliphatic rings. The average Bonchev–Trinajstić information content (AvgIpc) is 2.91. The van der Waals surface area contributed by atoms with Crippen LogP contribution in [0, 0.1) is 11.7 Å². The molecule has 0 heterocycles. The Bertz CT molecular complexity index is 323. The highest BCUT2D eigenvalue weighted by Crippen LogP contribution is 2.40. The van der Waals surface area contributed by atoms with Gasteiger partial charge in [0, 0.05) is 0 Å². The Kier molecular flexibility index (Phi) is 2.12. The molecule has 1 nitrogen and oxygen atoms in total. The summed E-state index contributed by atoms with van der Waals surface area (Å²) < 4.78 is 12.8. The van der Waals surface area contributed by atoms with Crippen LogP contribution >= 0.6 is 0 Å². The molecule has 2 rings (SSSR count). The molecule has 0 aromatic heterocycles. The molecule has 1 unspecified atom stereocenters. The van der Waals surface area contributed by atoms with Crippen molar-refractivity contribution in [2.75, 3.05) is 0 Å². The first-order valence-corrected chi connectivity index (χ1v) is 4.41. The number of aliphatic hydroxyl groups is 1. The predicted octanol–water partition coefficient (Wildman–Crippen LogP) is 1.06. The van der Waals surface area contributed by atoms with Crippen molar-refractivity contribution in [2.24, 2.45) is 5.92 Å². The number of benzene rings is 1. The highest BCUT2D eigenvalue weighted by molar-refractivity contribution is 6.32. The van der Waals surface area contributed by atoms with Gasteiger partial charge < -0.3 is 5.11 Å². The fourth-order valence-electron chi connectivity index (χ4n) is 1.43. The fourth-order valence-corrected chi connectivity index (χ4v) is 1.43. The normalized spacial score (nSPS) is 18.6. The summed E-state index contributed by atoms with van der Waals surface area (Å²) in [4.78, 5) is 0. The molecule has 0 bridgehead atoms. The maximum Gasteiger partial charge on any atom is 0.117 e. The zero-order chi connectivity index (χ0) is 9.42. The fraction of sp³-hybridized carbons (Fsp3) is 0.400. The lowest BCUT2D eigenvalue weighted by molar-refractivity contribution is 0.154. The van der Waals surface area contributed by atoms with E-state index in [-0.39, 0.29) is 5.46 Å². The number of rotatable bonds is 2. The summed E-state index contributed by atoms with van der Waals surface area (Å²) in [7, 11) is 5.39. The molecule has 1 aromatic rings. The van der Waals surface area contributed by atoms with Crippen molar-refractivity contribution in [3.63, 3.8) is 0 Å². The van der Waals surface area contributed by atoms with Gasteiger partial charge in [-0.3, -0.25) is 0 Å². The van der Waals surface area contributed by atoms with E-state index < -0.39 is 11.9 Å². The van der Waals surface area contributed by atoms with Crippen molar-refractivity contribution in [2.45, 2.75) is 18.9 Å². The van der Waals surface area contributed by atoms with Crippen molar-refractivity contribution in [3.8, 4) is 0 Å². The van der Waals surface area contributed by atoms with Gasteiger partial charge in [0.15, 0.2) is 0 Å². The first-order valence-electron chi connectivity index (χ1n) is 4.41. The van der Waals surface area contributed by atoms with E-state index in [2.05, 4.69) is 0 Å². The molecule has 2 radical (unpaired) electrons. The Morgan fingerprint density at radius 2 is 2.15 bits per heavy atom. The van der Waals surface area contributed by atoms with Gasteiger partial charge in [-0.25, -0.2) is 4.39 Å². The number of hydrogen-bond acceptors (Lipinski definition) is 1. The van der Waals surface area contributed by atoms with Crippen molar-refractivity contribution >= 4 is 13.3 Å². The third-order valence-electron chi connectivity index (χ3n) is 2.43. The molecule has 1 N–H and O–H groups in total. The minimum Gasteiger partial charge on any atom is -0.388 e. The van der Waals surface area contributed by atoms with Crippen molar-refractivity contribution in [1.29, 1.82) is 0 Å². The Labute approximate surface area is 78.0 Å². The van der Waals surface area contributed by atoms with Crippen LogP contribution in [0.5, 0.6) is 0 Å². The van der Waals surface area contributed by atoms with E-state index in [0.717, 1.165) is 18.4 Å². The molecular formula is C10H10BFO. The molecule has 0 aliphatic heterocycles. The molecule has 13 heavy (non-hydrogen) atoms. The van der Waals surface area contributed by atoms with Crippen LogP contribution in [0.3, 0.4) is 0 Å². The van der Waals surface area contributed by atoms with Crippen LogP contribution < -0.4 is 5.46 Å². The minimum absolute atomic E-state index is 0.109. The summed E-state index contributed by atoms with van der Waals surface area (Å²) in [5.74, 6) is -0.0726. The number of hydrogen-bond donors (Lipinski definition) is 1. The second-order valence-corrected chi connectivity index (χ2v) is 3.56. The molecule has 0 saturated heterocycles. The third-order valence-corrected chi connectivity index (χ3v) is 2.43. The number of aliphatic hydroxyl groups excluding tert-OH is 1. The lowest BCUT2D eigenvalue weighted by Gasteiger charge is -2.10. The molecule has 1 aromatic carbocycles. The van der Waals surface area contributed by atoms with Crippen molar-refractivity contribution < 1.29 is 9.50 Å². The van der Waals surface area contributed by atoms with Gasteiger partial charge in [-0.1, -0.05) is 17.6 Å². The van der Waals surface area contributed by atoms with Crippen LogP contribution in [-0.4, -0.2) is 13.0 Å². The molecule has 66 valence electrons. The second kappa shape index (κ2) is 3.15. The molecule has 0 spiro atoms. The summed E-state index contributed by atoms with van der Waals surface area (Å²) in [6.07, 6.45) is 1.64. The van der Waals surface area contributed by atoms with E-state index in [0.29, 0.717) is 5.92 Å². The Morgan fingerprint density at radius 1 is 1.46 bits per heavy atom. The van der Waals surface area contributed by atoms with Crippen LogP contribution in [-0.2, 0) is 0 Å². The number of halogens is 1. The second-order valence-electron chi connectivity index (χ2n) is 3.56. The third kappa shape index (κ3) is 1.75. The van der Waals surface area contributed by atoms with E-state index >= 15 is 0 Å². The maximum atomic E-state index is 12.8. The quantitative estimate of drug-likeness (QED) is 0.668. The average molecular weight is 176 g/mol. The molecule has 3 heteroatoms. The standard InChI is InChI=1S/C10H10BFO/c11-8-5-7(3-4-9(8)12)10(13)6-1-2-6/h3-6,10,13H,1-2H2. The summed E-state index contributed by atoms with van der Waals surface area (Å²) in [5.41, 5.74) is 0.832. The summed E-state index contributed by atoms with van der Waals surface area (Å²) in [5, 5.41) is 9.70. The van der Waals surface area contributed by atoms with Gasteiger partial charge in [-0.2, -0.15) is 0 Å².